The fourth-order valence-corrected chi connectivity index (χ4v) is 1.15. The second kappa shape index (κ2) is 23.4. The predicted octanol–water partition coefficient (Wildman–Crippen LogP) is 3.88. The topological polar surface area (TPSA) is 42.0 Å². The van der Waals surface area contributed by atoms with Gasteiger partial charge in [-0.1, -0.05) is 33.8 Å². The van der Waals surface area contributed by atoms with Crippen LogP contribution >= 0.6 is 18.9 Å². The van der Waals surface area contributed by atoms with Crippen molar-refractivity contribution in [2.24, 2.45) is 11.8 Å². The maximum absolute atomic E-state index is 7.75. The Morgan fingerprint density at radius 3 is 2.14 bits per heavy atom. The zero-order valence-electron chi connectivity index (χ0n) is 14.1. The Morgan fingerprint density at radius 1 is 1.23 bits per heavy atom. The first-order valence-corrected chi connectivity index (χ1v) is 11.4. The standard InChI is InChI=1S/C9H15N2P.C6H14.CHO.ClH.Os.H/c12-7-3-5-10-8-9-4-1-2-6-11-9;1-5(2)6(3)4;1-2;;;/h1-2,4,6,10H,3,5,7-8,12H2;5-6H,1-4H3;1H;1H;;/q;;-1;;+1;/p-1. The fraction of sp³-hybridized carbons (Fsp3) is 0.625. The monoisotopic (exact) mass is 525 g/mol. The summed E-state index contributed by atoms with van der Waals surface area (Å²) in [5.41, 5.74) is 1.11. The summed E-state index contributed by atoms with van der Waals surface area (Å²) in [6.45, 7) is 14.2. The van der Waals surface area contributed by atoms with E-state index in [1.54, 1.807) is 0 Å². The van der Waals surface area contributed by atoms with E-state index in [1.807, 2.05) is 24.4 Å². The Balaban J connectivity index is -0.000000306. The summed E-state index contributed by atoms with van der Waals surface area (Å²) in [7, 11) is 7.42. The van der Waals surface area contributed by atoms with Gasteiger partial charge in [0, 0.05) is 12.7 Å². The van der Waals surface area contributed by atoms with Crippen LogP contribution in [0.1, 0.15) is 39.8 Å². The van der Waals surface area contributed by atoms with Crippen molar-refractivity contribution in [3.8, 4) is 0 Å². The van der Waals surface area contributed by atoms with Gasteiger partial charge in [0.25, 0.3) is 0 Å². The van der Waals surface area contributed by atoms with Gasteiger partial charge in [0.2, 0.25) is 0 Å². The quantitative estimate of drug-likeness (QED) is 0.266. The summed E-state index contributed by atoms with van der Waals surface area (Å²) in [6.07, 6.45) is 4.19. The number of hydrogen-bond donors (Lipinski definition) is 1. The van der Waals surface area contributed by atoms with Gasteiger partial charge in [-0.15, -0.1) is 9.24 Å². The van der Waals surface area contributed by atoms with Crippen molar-refractivity contribution >= 4 is 25.7 Å². The molecule has 0 aliphatic heterocycles. The molecule has 6 heteroatoms. The van der Waals surface area contributed by atoms with E-state index in [2.05, 4.69) is 54.0 Å². The van der Waals surface area contributed by atoms with Gasteiger partial charge in [-0.2, -0.15) is 0 Å². The van der Waals surface area contributed by atoms with Crippen LogP contribution in [0.15, 0.2) is 24.4 Å². The summed E-state index contributed by atoms with van der Waals surface area (Å²) in [5.74, 6) is 1.70. The zero-order valence-corrected chi connectivity index (χ0v) is 18.7. The van der Waals surface area contributed by atoms with Crippen LogP contribution in [-0.2, 0) is 28.9 Å². The number of halogens is 1. The van der Waals surface area contributed by atoms with Crippen LogP contribution < -0.4 is 5.32 Å². The van der Waals surface area contributed by atoms with Crippen LogP contribution in [0, 0.1) is 11.8 Å². The average molecular weight is 524 g/mol. The Hall–Kier alpha value is 0.136. The third-order valence-electron chi connectivity index (χ3n) is 2.92. The zero-order chi connectivity index (χ0) is 17.8. The molecule has 0 aliphatic carbocycles. The van der Waals surface area contributed by atoms with Gasteiger partial charge >= 0.3 is 27.2 Å². The number of aromatic nitrogens is 1. The van der Waals surface area contributed by atoms with Crippen molar-refractivity contribution in [1.82, 2.24) is 10.3 Å². The molecule has 0 bridgehead atoms. The molecule has 3 nitrogen and oxygen atoms in total. The summed E-state index contributed by atoms with van der Waals surface area (Å²) >= 11 is 1.19. The first kappa shape index (κ1) is 27.0. The number of nitrogens with zero attached hydrogens (tertiary/aromatic N) is 1. The molecule has 1 aromatic heterocycles. The third-order valence-corrected chi connectivity index (χ3v) is 3.33. The number of pyridine rings is 1. The second-order valence-electron chi connectivity index (χ2n) is 5.13. The van der Waals surface area contributed by atoms with E-state index in [0.29, 0.717) is 0 Å². The SMILES string of the molecule is CC(C)C(C)C.PCCCNCc1ccccn1.[CH-]=O.[Cl][OsH]. The molecule has 0 radical (unpaired) electrons. The molecule has 132 valence electrons. The van der Waals surface area contributed by atoms with Crippen molar-refractivity contribution in [2.75, 3.05) is 12.7 Å². The molecule has 1 rings (SSSR count). The van der Waals surface area contributed by atoms with E-state index in [0.717, 1.165) is 36.8 Å². The van der Waals surface area contributed by atoms with Crippen LogP contribution in [-0.4, -0.2) is 24.5 Å². The molecule has 22 heavy (non-hydrogen) atoms. The number of carbonyl (C=O) groups excluding carboxylic acids is 1. The molecule has 0 aliphatic rings. The molecular weight excluding hydrogens is 493 g/mol. The molecule has 0 saturated heterocycles. The number of nitrogens with one attached hydrogen (secondary N) is 1. The van der Waals surface area contributed by atoms with Gasteiger partial charge in [0.1, 0.15) is 0 Å². The molecule has 1 atom stereocenters. The fourth-order valence-electron chi connectivity index (χ4n) is 0.946. The molecule has 0 aromatic carbocycles. The molecule has 0 spiro atoms. The van der Waals surface area contributed by atoms with Crippen molar-refractivity contribution in [3.63, 3.8) is 0 Å². The van der Waals surface area contributed by atoms with Crippen LogP contribution in [0.2, 0.25) is 0 Å². The van der Waals surface area contributed by atoms with Gasteiger partial charge in [0.05, 0.1) is 5.69 Å². The van der Waals surface area contributed by atoms with E-state index in [1.165, 1.54) is 24.0 Å². The summed E-state index contributed by atoms with van der Waals surface area (Å²) in [6, 6.07) is 5.99. The Morgan fingerprint density at radius 2 is 1.77 bits per heavy atom. The van der Waals surface area contributed by atoms with E-state index >= 15 is 0 Å². The van der Waals surface area contributed by atoms with Crippen molar-refractivity contribution in [2.45, 2.75) is 40.7 Å². The van der Waals surface area contributed by atoms with Gasteiger partial charge in [-0.25, -0.2) is 0 Å². The Bertz CT molecular complexity index is 297. The van der Waals surface area contributed by atoms with Crippen molar-refractivity contribution < 1.29 is 22.4 Å². The van der Waals surface area contributed by atoms with E-state index in [-0.39, 0.29) is 0 Å². The maximum atomic E-state index is 7.75. The Kier molecular flexibility index (Phi) is 28.7. The first-order chi connectivity index (χ1) is 10.6. The normalized spacial score (nSPS) is 9.00. The number of hydrogen-bond acceptors (Lipinski definition) is 3. The molecule has 0 saturated carbocycles. The van der Waals surface area contributed by atoms with Gasteiger partial charge in [0.15, 0.2) is 0 Å². The minimum absolute atomic E-state index is 0.852. The minimum atomic E-state index is 0.852. The molecule has 1 aromatic rings. The van der Waals surface area contributed by atoms with Crippen LogP contribution in [0.5, 0.6) is 0 Å². The van der Waals surface area contributed by atoms with Crippen molar-refractivity contribution in [3.05, 3.63) is 30.1 Å². The first-order valence-electron chi connectivity index (χ1n) is 7.26. The summed E-state index contributed by atoms with van der Waals surface area (Å²) in [5, 5.41) is 3.33. The molecular formula is C16H31ClN2OOsP-. The molecule has 1 unspecified atom stereocenters. The number of rotatable bonds is 6. The van der Waals surface area contributed by atoms with Gasteiger partial charge in [-0.3, -0.25) is 11.8 Å². The van der Waals surface area contributed by atoms with E-state index in [9.17, 15) is 0 Å². The second-order valence-corrected chi connectivity index (χ2v) is 5.71. The van der Waals surface area contributed by atoms with Gasteiger partial charge < -0.3 is 10.1 Å². The summed E-state index contributed by atoms with van der Waals surface area (Å²) in [4.78, 5) is 12.0. The van der Waals surface area contributed by atoms with Crippen LogP contribution in [0.3, 0.4) is 0 Å². The predicted molar refractivity (Wildman–Crippen MR) is 98.8 cm³/mol. The molecule has 1 N–H and O–H groups in total. The molecule has 1 heterocycles. The van der Waals surface area contributed by atoms with Crippen LogP contribution in [0.4, 0.5) is 0 Å². The van der Waals surface area contributed by atoms with E-state index < -0.39 is 0 Å². The average Bonchev–Trinajstić information content (AvgIpc) is 2.57. The van der Waals surface area contributed by atoms with Crippen LogP contribution in [0.25, 0.3) is 0 Å². The van der Waals surface area contributed by atoms with Gasteiger partial charge in [-0.05, 0) is 43.1 Å². The molecule has 0 fully saturated rings. The summed E-state index contributed by atoms with van der Waals surface area (Å²) < 4.78 is 0. The Labute approximate surface area is 153 Å². The van der Waals surface area contributed by atoms with Crippen molar-refractivity contribution in [1.29, 1.82) is 0 Å². The van der Waals surface area contributed by atoms with E-state index in [4.69, 9.17) is 14.4 Å². The third kappa shape index (κ3) is 22.4. The molecule has 0 amide bonds.